The van der Waals surface area contributed by atoms with Crippen LogP contribution in [0.25, 0.3) is 0 Å². The quantitative estimate of drug-likeness (QED) is 0.262. The van der Waals surface area contributed by atoms with E-state index >= 15 is 0 Å². The summed E-state index contributed by atoms with van der Waals surface area (Å²) >= 11 is 3.10. The summed E-state index contributed by atoms with van der Waals surface area (Å²) in [7, 11) is -4.47. The van der Waals surface area contributed by atoms with Gasteiger partial charge in [0.2, 0.25) is 0 Å². The number of nitrogens with two attached hydrogens (primary N) is 1. The number of rotatable bonds is 5. The highest BCUT2D eigenvalue weighted by Crippen LogP contribution is 2.22. The molecule has 0 aliphatic heterocycles. The first kappa shape index (κ1) is 17.5. The van der Waals surface area contributed by atoms with Crippen LogP contribution in [0.3, 0.4) is 0 Å². The number of hydrogen-bond donors (Lipinski definition) is 4. The Hall–Kier alpha value is -1.53. The van der Waals surface area contributed by atoms with Crippen LogP contribution in [0, 0.1) is 0 Å². The third kappa shape index (κ3) is 5.77. The molecule has 7 nitrogen and oxygen atoms in total. The van der Waals surface area contributed by atoms with Crippen LogP contribution in [-0.2, 0) is 10.2 Å². The van der Waals surface area contributed by atoms with E-state index in [2.05, 4.69) is 21.1 Å². The van der Waals surface area contributed by atoms with E-state index in [4.69, 9.17) is 10.9 Å². The van der Waals surface area contributed by atoms with E-state index in [0.717, 1.165) is 0 Å². The van der Waals surface area contributed by atoms with E-state index < -0.39 is 28.8 Å². The summed E-state index contributed by atoms with van der Waals surface area (Å²) in [6.07, 6.45) is -4.69. The zero-order valence-electron chi connectivity index (χ0n) is 10.1. The van der Waals surface area contributed by atoms with Crippen molar-refractivity contribution in [1.29, 1.82) is 0 Å². The number of anilines is 1. The molecule has 0 saturated carbocycles. The van der Waals surface area contributed by atoms with Crippen molar-refractivity contribution in [2.75, 3.05) is 11.3 Å². The summed E-state index contributed by atoms with van der Waals surface area (Å²) < 4.78 is 62.7. The molecular weight excluding hydrogens is 381 g/mol. The summed E-state index contributed by atoms with van der Waals surface area (Å²) in [4.78, 5) is 0. The van der Waals surface area contributed by atoms with Crippen molar-refractivity contribution in [3.8, 4) is 0 Å². The minimum absolute atomic E-state index is 0.00995. The Bertz CT molecular complexity index is 648. The Labute approximate surface area is 126 Å². The van der Waals surface area contributed by atoms with E-state index in [1.165, 1.54) is 22.9 Å². The third-order valence-electron chi connectivity index (χ3n) is 2.07. The second-order valence-corrected chi connectivity index (χ2v) is 6.13. The Morgan fingerprint density at radius 3 is 2.57 bits per heavy atom. The maximum absolute atomic E-state index is 12.0. The highest BCUT2D eigenvalue weighted by molar-refractivity contribution is 9.10. The second-order valence-electron chi connectivity index (χ2n) is 3.72. The molecule has 0 heterocycles. The third-order valence-corrected chi connectivity index (χ3v) is 3.58. The molecule has 0 bridgehead atoms. The van der Waals surface area contributed by atoms with E-state index in [1.54, 1.807) is 0 Å². The van der Waals surface area contributed by atoms with Crippen LogP contribution in [0.5, 0.6) is 0 Å². The molecule has 0 aliphatic rings. The molecule has 118 valence electrons. The van der Waals surface area contributed by atoms with Gasteiger partial charge in [-0.25, -0.2) is 0 Å². The van der Waals surface area contributed by atoms with Crippen LogP contribution in [0.1, 0.15) is 5.56 Å². The van der Waals surface area contributed by atoms with Gasteiger partial charge in [0.25, 0.3) is 10.2 Å². The van der Waals surface area contributed by atoms with Gasteiger partial charge in [-0.15, -0.1) is 0 Å². The fraction of sp³-hybridized carbons (Fsp3) is 0.222. The zero-order chi connectivity index (χ0) is 16.3. The van der Waals surface area contributed by atoms with Crippen LogP contribution in [0.15, 0.2) is 27.8 Å². The van der Waals surface area contributed by atoms with E-state index in [-0.39, 0.29) is 11.3 Å². The number of nitrogens with zero attached hydrogens (tertiary/aromatic N) is 1. The van der Waals surface area contributed by atoms with Gasteiger partial charge in [0.15, 0.2) is 5.84 Å². The highest BCUT2D eigenvalue weighted by Gasteiger charge is 2.29. The molecule has 21 heavy (non-hydrogen) atoms. The van der Waals surface area contributed by atoms with Crippen molar-refractivity contribution < 1.29 is 26.8 Å². The molecule has 0 aliphatic carbocycles. The van der Waals surface area contributed by atoms with Crippen molar-refractivity contribution in [2.45, 2.75) is 6.18 Å². The summed E-state index contributed by atoms with van der Waals surface area (Å²) in [5, 5.41) is 11.3. The normalized spacial score (nSPS) is 13.2. The van der Waals surface area contributed by atoms with Gasteiger partial charge in [0, 0.05) is 10.0 Å². The lowest BCUT2D eigenvalue weighted by Crippen LogP contribution is -2.37. The topological polar surface area (TPSA) is 117 Å². The minimum Gasteiger partial charge on any atom is -0.409 e. The second kappa shape index (κ2) is 6.49. The molecule has 1 rings (SSSR count). The molecule has 0 spiro atoms. The van der Waals surface area contributed by atoms with Crippen LogP contribution in [0.2, 0.25) is 0 Å². The molecule has 0 amide bonds. The first-order chi connectivity index (χ1) is 9.54. The fourth-order valence-corrected chi connectivity index (χ4v) is 2.48. The first-order valence-corrected chi connectivity index (χ1v) is 7.43. The predicted molar refractivity (Wildman–Crippen MR) is 73.3 cm³/mol. The van der Waals surface area contributed by atoms with Gasteiger partial charge in [0.1, 0.15) is 6.54 Å². The summed E-state index contributed by atoms with van der Waals surface area (Å²) in [6, 6.07) is 4.00. The van der Waals surface area contributed by atoms with Gasteiger partial charge in [-0.3, -0.25) is 4.72 Å². The average molecular weight is 391 g/mol. The van der Waals surface area contributed by atoms with Gasteiger partial charge in [-0.1, -0.05) is 21.1 Å². The number of benzene rings is 1. The number of halogens is 4. The largest absolute Gasteiger partial charge is 0.409 e. The molecule has 0 aromatic heterocycles. The van der Waals surface area contributed by atoms with Crippen molar-refractivity contribution in [3.63, 3.8) is 0 Å². The standard InChI is InChI=1S/C9H10BrF3N4O3S/c10-5-1-2-7(6(3-5)8(14)16-18)17-21(19,20)15-4-9(11,12)13/h1-3,15,17-18H,4H2,(H2,14,16). The summed E-state index contributed by atoms with van der Waals surface area (Å²) in [5.74, 6) is -0.412. The van der Waals surface area contributed by atoms with Gasteiger partial charge < -0.3 is 10.9 Å². The first-order valence-electron chi connectivity index (χ1n) is 5.15. The van der Waals surface area contributed by atoms with E-state index in [0.29, 0.717) is 4.47 Å². The lowest BCUT2D eigenvalue weighted by Gasteiger charge is -2.14. The number of nitrogens with one attached hydrogen (secondary N) is 2. The Balaban J connectivity index is 3.02. The number of oxime groups is 1. The van der Waals surface area contributed by atoms with Crippen LogP contribution in [0.4, 0.5) is 18.9 Å². The lowest BCUT2D eigenvalue weighted by molar-refractivity contribution is -0.121. The Morgan fingerprint density at radius 2 is 2.05 bits per heavy atom. The molecule has 0 atom stereocenters. The van der Waals surface area contributed by atoms with Crippen molar-refractivity contribution in [1.82, 2.24) is 4.72 Å². The van der Waals surface area contributed by atoms with E-state index in [1.807, 2.05) is 4.72 Å². The molecule has 1 aromatic carbocycles. The molecule has 0 unspecified atom stereocenters. The maximum Gasteiger partial charge on any atom is 0.402 e. The molecule has 12 heteroatoms. The molecule has 0 fully saturated rings. The summed E-state index contributed by atoms with van der Waals surface area (Å²) in [5.41, 5.74) is 5.21. The molecular formula is C9H10BrF3N4O3S. The summed E-state index contributed by atoms with van der Waals surface area (Å²) in [6.45, 7) is -1.72. The number of hydrogen-bond acceptors (Lipinski definition) is 4. The Kier molecular flexibility index (Phi) is 5.42. The number of alkyl halides is 3. The van der Waals surface area contributed by atoms with Crippen LogP contribution >= 0.6 is 15.9 Å². The average Bonchev–Trinajstić information content (AvgIpc) is 2.37. The van der Waals surface area contributed by atoms with Crippen molar-refractivity contribution in [2.24, 2.45) is 10.9 Å². The zero-order valence-corrected chi connectivity index (χ0v) is 12.6. The molecule has 0 radical (unpaired) electrons. The predicted octanol–water partition coefficient (Wildman–Crippen LogP) is 1.35. The van der Waals surface area contributed by atoms with Crippen LogP contribution in [-0.4, -0.2) is 32.2 Å². The smallest absolute Gasteiger partial charge is 0.402 e. The van der Waals surface area contributed by atoms with Gasteiger partial charge in [-0.2, -0.15) is 26.3 Å². The maximum atomic E-state index is 12.0. The van der Waals surface area contributed by atoms with Crippen LogP contribution < -0.4 is 15.2 Å². The lowest BCUT2D eigenvalue weighted by atomic mass is 10.2. The highest BCUT2D eigenvalue weighted by atomic mass is 79.9. The SMILES string of the molecule is N/C(=N/O)c1cc(Br)ccc1NS(=O)(=O)NCC(F)(F)F. The molecule has 5 N–H and O–H groups in total. The van der Waals surface area contributed by atoms with Gasteiger partial charge in [-0.05, 0) is 18.2 Å². The van der Waals surface area contributed by atoms with Gasteiger partial charge in [0.05, 0.1) is 5.69 Å². The number of amidine groups is 1. The van der Waals surface area contributed by atoms with Crippen molar-refractivity contribution >= 4 is 37.7 Å². The van der Waals surface area contributed by atoms with E-state index in [9.17, 15) is 21.6 Å². The Morgan fingerprint density at radius 1 is 1.43 bits per heavy atom. The monoisotopic (exact) mass is 390 g/mol. The van der Waals surface area contributed by atoms with Gasteiger partial charge >= 0.3 is 6.18 Å². The minimum atomic E-state index is -4.69. The molecule has 0 saturated heterocycles. The fourth-order valence-electron chi connectivity index (χ4n) is 1.23. The molecule has 1 aromatic rings. The van der Waals surface area contributed by atoms with Crippen molar-refractivity contribution in [3.05, 3.63) is 28.2 Å².